The second-order valence-electron chi connectivity index (χ2n) is 3.52. The summed E-state index contributed by atoms with van der Waals surface area (Å²) in [5, 5.41) is 0. The van der Waals surface area contributed by atoms with E-state index in [1.165, 1.54) is 5.54 Å². The zero-order valence-electron chi connectivity index (χ0n) is 8.43. The van der Waals surface area contributed by atoms with Crippen LogP contribution < -0.4 is 5.73 Å². The van der Waals surface area contributed by atoms with Gasteiger partial charge in [0.2, 0.25) is 0 Å². The molecule has 1 atom stereocenters. The van der Waals surface area contributed by atoms with Crippen molar-refractivity contribution in [3.63, 3.8) is 0 Å². The lowest BCUT2D eigenvalue weighted by molar-refractivity contribution is -0.156. The molecule has 0 aliphatic heterocycles. The molecule has 2 N–H and O–H groups in total. The molecule has 0 bridgehead atoms. The second-order valence-corrected chi connectivity index (χ2v) is 3.74. The van der Waals surface area contributed by atoms with Gasteiger partial charge >= 0.3 is 5.97 Å². The van der Waals surface area contributed by atoms with E-state index in [0.29, 0.717) is 5.57 Å². The molecule has 3 nitrogen and oxygen atoms in total. The van der Waals surface area contributed by atoms with Crippen molar-refractivity contribution in [1.82, 2.24) is 0 Å². The summed E-state index contributed by atoms with van der Waals surface area (Å²) in [4.78, 5) is 11.2. The SMILES string of the molecule is CC(=CCl)C(=O)OC(C)(N)C(C)C. The summed E-state index contributed by atoms with van der Waals surface area (Å²) >= 11 is 5.35. The number of esters is 1. The molecule has 0 aliphatic carbocycles. The van der Waals surface area contributed by atoms with Gasteiger partial charge < -0.3 is 4.74 Å². The standard InChI is InChI=1S/C9H16ClNO2/c1-6(2)9(4,11)13-8(12)7(3)5-10/h5-6H,11H2,1-4H3. The zero-order chi connectivity index (χ0) is 10.6. The van der Waals surface area contributed by atoms with Crippen LogP contribution in [0, 0.1) is 5.92 Å². The number of hydrogen-bond acceptors (Lipinski definition) is 3. The smallest absolute Gasteiger partial charge is 0.336 e. The van der Waals surface area contributed by atoms with E-state index < -0.39 is 11.7 Å². The molecule has 0 fully saturated rings. The lowest BCUT2D eigenvalue weighted by atomic mass is 10.0. The fourth-order valence-corrected chi connectivity index (χ4v) is 0.532. The molecule has 0 aromatic carbocycles. The van der Waals surface area contributed by atoms with E-state index in [-0.39, 0.29) is 5.92 Å². The van der Waals surface area contributed by atoms with Gasteiger partial charge in [0.15, 0.2) is 5.72 Å². The molecule has 0 rings (SSSR count). The lowest BCUT2D eigenvalue weighted by Crippen LogP contribution is -2.46. The molecule has 0 saturated heterocycles. The lowest BCUT2D eigenvalue weighted by Gasteiger charge is -2.28. The van der Waals surface area contributed by atoms with Crippen LogP contribution in [0.25, 0.3) is 0 Å². The molecule has 0 aliphatic rings. The zero-order valence-corrected chi connectivity index (χ0v) is 9.18. The molecule has 4 heteroatoms. The predicted molar refractivity (Wildman–Crippen MR) is 53.1 cm³/mol. The van der Waals surface area contributed by atoms with E-state index >= 15 is 0 Å². The first-order chi connectivity index (χ1) is 5.81. The monoisotopic (exact) mass is 205 g/mol. The number of hydrogen-bond donors (Lipinski definition) is 1. The minimum Gasteiger partial charge on any atom is -0.441 e. The summed E-state index contributed by atoms with van der Waals surface area (Å²) in [5.74, 6) is -0.423. The molecule has 0 radical (unpaired) electrons. The normalized spacial score (nSPS) is 17.0. The minimum atomic E-state index is -0.946. The maximum absolute atomic E-state index is 11.2. The number of rotatable bonds is 3. The van der Waals surface area contributed by atoms with Crippen molar-refractivity contribution in [2.24, 2.45) is 11.7 Å². The van der Waals surface area contributed by atoms with Crippen molar-refractivity contribution in [1.29, 1.82) is 0 Å². The third-order valence-electron chi connectivity index (χ3n) is 1.94. The van der Waals surface area contributed by atoms with Gasteiger partial charge in [-0.3, -0.25) is 5.73 Å². The highest BCUT2D eigenvalue weighted by molar-refractivity contribution is 6.27. The van der Waals surface area contributed by atoms with Crippen LogP contribution in [0.4, 0.5) is 0 Å². The Kier molecular flexibility index (Phi) is 4.44. The molecule has 76 valence electrons. The van der Waals surface area contributed by atoms with Gasteiger partial charge in [-0.2, -0.15) is 0 Å². The van der Waals surface area contributed by atoms with Gasteiger partial charge in [0.1, 0.15) is 0 Å². The predicted octanol–water partition coefficient (Wildman–Crippen LogP) is 2.00. The van der Waals surface area contributed by atoms with Gasteiger partial charge in [0, 0.05) is 17.0 Å². The van der Waals surface area contributed by atoms with Gasteiger partial charge in [-0.05, 0) is 13.8 Å². The first kappa shape index (κ1) is 12.5. The Balaban J connectivity index is 4.37. The topological polar surface area (TPSA) is 52.3 Å². The van der Waals surface area contributed by atoms with Crippen molar-refractivity contribution in [3.8, 4) is 0 Å². The van der Waals surface area contributed by atoms with Crippen molar-refractivity contribution in [3.05, 3.63) is 11.1 Å². The molecular weight excluding hydrogens is 190 g/mol. The summed E-state index contributed by atoms with van der Waals surface area (Å²) in [7, 11) is 0. The van der Waals surface area contributed by atoms with Crippen LogP contribution in [-0.2, 0) is 9.53 Å². The fourth-order valence-electron chi connectivity index (χ4n) is 0.443. The van der Waals surface area contributed by atoms with Crippen LogP contribution in [0.15, 0.2) is 11.1 Å². The Morgan fingerprint density at radius 2 is 2.08 bits per heavy atom. The van der Waals surface area contributed by atoms with Crippen LogP contribution in [0.2, 0.25) is 0 Å². The Hall–Kier alpha value is -0.540. The first-order valence-corrected chi connectivity index (χ1v) is 4.54. The molecule has 0 saturated carbocycles. The highest BCUT2D eigenvalue weighted by atomic mass is 35.5. The first-order valence-electron chi connectivity index (χ1n) is 4.10. The van der Waals surface area contributed by atoms with Gasteiger partial charge in [-0.1, -0.05) is 25.4 Å². The quantitative estimate of drug-likeness (QED) is 0.436. The van der Waals surface area contributed by atoms with Gasteiger partial charge in [0.05, 0.1) is 0 Å². The van der Waals surface area contributed by atoms with Crippen LogP contribution in [0.3, 0.4) is 0 Å². The maximum atomic E-state index is 11.2. The van der Waals surface area contributed by atoms with Crippen molar-refractivity contribution >= 4 is 17.6 Å². The van der Waals surface area contributed by atoms with Crippen molar-refractivity contribution in [2.75, 3.05) is 0 Å². The summed E-state index contributed by atoms with van der Waals surface area (Å²) in [6.45, 7) is 7.00. The summed E-state index contributed by atoms with van der Waals surface area (Å²) < 4.78 is 5.04. The molecular formula is C9H16ClNO2. The van der Waals surface area contributed by atoms with Gasteiger partial charge in [-0.25, -0.2) is 4.79 Å². The van der Waals surface area contributed by atoms with Gasteiger partial charge in [-0.15, -0.1) is 0 Å². The van der Waals surface area contributed by atoms with E-state index in [9.17, 15) is 4.79 Å². The Morgan fingerprint density at radius 3 is 2.38 bits per heavy atom. The van der Waals surface area contributed by atoms with Gasteiger partial charge in [0.25, 0.3) is 0 Å². The minimum absolute atomic E-state index is 0.0552. The molecule has 13 heavy (non-hydrogen) atoms. The Morgan fingerprint density at radius 1 is 1.62 bits per heavy atom. The Labute approximate surface area is 83.9 Å². The molecule has 0 aromatic heterocycles. The average molecular weight is 206 g/mol. The third kappa shape index (κ3) is 3.79. The van der Waals surface area contributed by atoms with Crippen LogP contribution >= 0.6 is 11.6 Å². The number of carbonyl (C=O) groups excluding carboxylic acids is 1. The number of nitrogens with two attached hydrogens (primary N) is 1. The van der Waals surface area contributed by atoms with Crippen molar-refractivity contribution in [2.45, 2.75) is 33.4 Å². The van der Waals surface area contributed by atoms with Crippen LogP contribution in [0.1, 0.15) is 27.7 Å². The third-order valence-corrected chi connectivity index (χ3v) is 2.27. The maximum Gasteiger partial charge on any atom is 0.336 e. The molecule has 1 unspecified atom stereocenters. The Bertz CT molecular complexity index is 222. The second kappa shape index (κ2) is 4.63. The average Bonchev–Trinajstić information content (AvgIpc) is 2.01. The highest BCUT2D eigenvalue weighted by Gasteiger charge is 2.27. The fraction of sp³-hybridized carbons (Fsp3) is 0.667. The van der Waals surface area contributed by atoms with E-state index in [0.717, 1.165) is 0 Å². The number of carbonyl (C=O) groups is 1. The molecule has 0 aromatic rings. The van der Waals surface area contributed by atoms with E-state index in [1.54, 1.807) is 13.8 Å². The van der Waals surface area contributed by atoms with Crippen molar-refractivity contribution < 1.29 is 9.53 Å². The largest absolute Gasteiger partial charge is 0.441 e. The van der Waals surface area contributed by atoms with Crippen LogP contribution in [0.5, 0.6) is 0 Å². The van der Waals surface area contributed by atoms with E-state index in [1.807, 2.05) is 13.8 Å². The van der Waals surface area contributed by atoms with E-state index in [4.69, 9.17) is 22.1 Å². The molecule has 0 amide bonds. The molecule has 0 spiro atoms. The summed E-state index contributed by atoms with van der Waals surface area (Å²) in [6, 6.07) is 0. The number of halogens is 1. The summed E-state index contributed by atoms with van der Waals surface area (Å²) in [5.41, 5.74) is 6.32. The van der Waals surface area contributed by atoms with E-state index in [2.05, 4.69) is 0 Å². The summed E-state index contributed by atoms with van der Waals surface area (Å²) in [6.07, 6.45) is 0. The highest BCUT2D eigenvalue weighted by Crippen LogP contribution is 2.16. The van der Waals surface area contributed by atoms with Crippen LogP contribution in [-0.4, -0.2) is 11.7 Å². The number of ether oxygens (including phenoxy) is 1. The molecule has 0 heterocycles.